The van der Waals surface area contributed by atoms with Crippen molar-refractivity contribution in [2.24, 2.45) is 28.8 Å². The van der Waals surface area contributed by atoms with Gasteiger partial charge in [-0.3, -0.25) is 5.43 Å². The highest BCUT2D eigenvalue weighted by Gasteiger charge is 2.52. The van der Waals surface area contributed by atoms with Gasteiger partial charge in [0.1, 0.15) is 5.75 Å². The molecule has 3 N–H and O–H groups in total. The lowest BCUT2D eigenvalue weighted by Gasteiger charge is -2.32. The fraction of sp³-hybridized carbons (Fsp3) is 0.444. The number of rotatable bonds is 3. The predicted molar refractivity (Wildman–Crippen MR) is 105 cm³/mol. The van der Waals surface area contributed by atoms with Crippen molar-refractivity contribution >= 4 is 46.7 Å². The zero-order valence-electron chi connectivity index (χ0n) is 13.5. The van der Waals surface area contributed by atoms with Crippen molar-refractivity contribution in [1.82, 2.24) is 10.7 Å². The van der Waals surface area contributed by atoms with Gasteiger partial charge in [-0.2, -0.15) is 5.10 Å². The minimum atomic E-state index is -0.0531. The smallest absolute Gasteiger partial charge is 0.187 e. The molecule has 1 aromatic carbocycles. The van der Waals surface area contributed by atoms with Gasteiger partial charge in [-0.15, -0.1) is 0 Å². The van der Waals surface area contributed by atoms with Crippen molar-refractivity contribution in [3.8, 4) is 5.75 Å². The number of allylic oxidation sites excluding steroid dienone is 2. The number of thiocarbonyl (C=S) groups is 1. The van der Waals surface area contributed by atoms with E-state index in [1.165, 1.54) is 31.5 Å². The van der Waals surface area contributed by atoms with E-state index in [1.807, 2.05) is 0 Å². The lowest BCUT2D eigenvalue weighted by atomic mass is 9.79. The zero-order valence-corrected chi connectivity index (χ0v) is 15.8. The Hall–Kier alpha value is -1.30. The van der Waals surface area contributed by atoms with Crippen molar-refractivity contribution < 1.29 is 5.11 Å². The molecule has 132 valence electrons. The van der Waals surface area contributed by atoms with Crippen molar-refractivity contribution in [2.45, 2.75) is 25.3 Å². The van der Waals surface area contributed by atoms with E-state index in [4.69, 9.17) is 35.4 Å². The molecule has 2 bridgehead atoms. The highest BCUT2D eigenvalue weighted by atomic mass is 35.5. The summed E-state index contributed by atoms with van der Waals surface area (Å²) in [5.41, 5.74) is 3.25. The average molecular weight is 396 g/mol. The molecule has 2 saturated carbocycles. The van der Waals surface area contributed by atoms with Gasteiger partial charge in [-0.05, 0) is 67.3 Å². The Bertz CT molecular complexity index is 767. The summed E-state index contributed by atoms with van der Waals surface area (Å²) in [6.45, 7) is 0. The summed E-state index contributed by atoms with van der Waals surface area (Å²) in [6, 6.07) is 3.49. The maximum Gasteiger partial charge on any atom is 0.187 e. The third-order valence-electron chi connectivity index (χ3n) is 5.75. The standard InChI is InChI=1S/C18H19Cl2N3OS/c19-11-4-10(17(24)15(20)7-11)8-21-23-18(25)22-16-6-9-5-14(16)13-3-1-2-12(9)13/h1,3-4,7-9,12-14,16,24H,2,5-6H2,(H2,22,23,25)/b21-8+. The monoisotopic (exact) mass is 395 g/mol. The predicted octanol–water partition coefficient (Wildman–Crippen LogP) is 4.10. The van der Waals surface area contributed by atoms with E-state index in [1.54, 1.807) is 6.07 Å². The third kappa shape index (κ3) is 3.25. The summed E-state index contributed by atoms with van der Waals surface area (Å²) < 4.78 is 0. The van der Waals surface area contributed by atoms with E-state index in [0.29, 0.717) is 33.6 Å². The number of nitrogens with zero attached hydrogens (tertiary/aromatic N) is 1. The Morgan fingerprint density at radius 2 is 2.12 bits per heavy atom. The second-order valence-electron chi connectivity index (χ2n) is 7.08. The highest BCUT2D eigenvalue weighted by molar-refractivity contribution is 7.80. The number of hydrazone groups is 1. The number of fused-ring (bicyclic) bond motifs is 5. The normalized spacial score (nSPS) is 32.3. The Kier molecular flexibility index (Phi) is 4.65. The summed E-state index contributed by atoms with van der Waals surface area (Å²) in [5.74, 6) is 3.02. The van der Waals surface area contributed by atoms with Crippen molar-refractivity contribution in [3.05, 3.63) is 39.9 Å². The zero-order chi connectivity index (χ0) is 17.6. The molecule has 2 fully saturated rings. The van der Waals surface area contributed by atoms with Crippen LogP contribution in [0.25, 0.3) is 0 Å². The molecule has 5 atom stereocenters. The molecule has 4 nitrogen and oxygen atoms in total. The molecule has 3 aliphatic rings. The maximum atomic E-state index is 9.91. The Balaban J connectivity index is 1.34. The number of aromatic hydroxyl groups is 1. The van der Waals surface area contributed by atoms with Crippen LogP contribution in [0.15, 0.2) is 29.4 Å². The van der Waals surface area contributed by atoms with Gasteiger partial charge in [-0.1, -0.05) is 35.4 Å². The largest absolute Gasteiger partial charge is 0.506 e. The van der Waals surface area contributed by atoms with E-state index < -0.39 is 0 Å². The van der Waals surface area contributed by atoms with Gasteiger partial charge in [-0.25, -0.2) is 0 Å². The molecule has 5 unspecified atom stereocenters. The van der Waals surface area contributed by atoms with Crippen molar-refractivity contribution in [1.29, 1.82) is 0 Å². The van der Waals surface area contributed by atoms with E-state index in [-0.39, 0.29) is 10.8 Å². The van der Waals surface area contributed by atoms with E-state index in [0.717, 1.165) is 11.8 Å². The van der Waals surface area contributed by atoms with E-state index >= 15 is 0 Å². The summed E-state index contributed by atoms with van der Waals surface area (Å²) >= 11 is 17.2. The van der Waals surface area contributed by atoms with E-state index in [9.17, 15) is 5.11 Å². The molecule has 0 aromatic heterocycles. The van der Waals surface area contributed by atoms with Gasteiger partial charge < -0.3 is 10.4 Å². The van der Waals surface area contributed by atoms with Crippen LogP contribution in [0, 0.1) is 23.7 Å². The van der Waals surface area contributed by atoms with Gasteiger partial charge in [0.15, 0.2) is 5.11 Å². The molecule has 0 radical (unpaired) electrons. The summed E-state index contributed by atoms with van der Waals surface area (Å²) in [7, 11) is 0. The topological polar surface area (TPSA) is 56.7 Å². The minimum absolute atomic E-state index is 0.0531. The number of phenolic OH excluding ortho intramolecular Hbond substituents is 1. The first-order valence-corrected chi connectivity index (χ1v) is 9.63. The van der Waals surface area contributed by atoms with Crippen LogP contribution < -0.4 is 10.7 Å². The lowest BCUT2D eigenvalue weighted by molar-refractivity contribution is 0.246. The quantitative estimate of drug-likeness (QED) is 0.312. The minimum Gasteiger partial charge on any atom is -0.506 e. The van der Waals surface area contributed by atoms with Gasteiger partial charge in [0.2, 0.25) is 0 Å². The first kappa shape index (κ1) is 17.1. The molecule has 1 aromatic rings. The summed E-state index contributed by atoms with van der Waals surface area (Å²) in [5, 5.41) is 18.5. The fourth-order valence-corrected chi connectivity index (χ4v) is 5.47. The van der Waals surface area contributed by atoms with E-state index in [2.05, 4.69) is 28.0 Å². The number of hydrogen-bond donors (Lipinski definition) is 3. The lowest BCUT2D eigenvalue weighted by Crippen LogP contribution is -2.45. The maximum absolute atomic E-state index is 9.91. The van der Waals surface area contributed by atoms with Crippen LogP contribution in [0.3, 0.4) is 0 Å². The molecule has 3 aliphatic carbocycles. The van der Waals surface area contributed by atoms with Crippen LogP contribution in [0.1, 0.15) is 24.8 Å². The van der Waals surface area contributed by atoms with Gasteiger partial charge in [0, 0.05) is 16.6 Å². The molecular formula is C18H19Cl2N3OS. The molecule has 0 spiro atoms. The van der Waals surface area contributed by atoms with Gasteiger partial charge in [0.05, 0.1) is 11.2 Å². The van der Waals surface area contributed by atoms with Gasteiger partial charge in [0.25, 0.3) is 0 Å². The molecular weight excluding hydrogens is 377 g/mol. The molecule has 0 heterocycles. The van der Waals surface area contributed by atoms with Crippen LogP contribution in [0.4, 0.5) is 0 Å². The molecule has 0 amide bonds. The van der Waals surface area contributed by atoms with Crippen LogP contribution in [-0.2, 0) is 0 Å². The van der Waals surface area contributed by atoms with Crippen molar-refractivity contribution in [3.63, 3.8) is 0 Å². The fourth-order valence-electron chi connectivity index (χ4n) is 4.76. The second-order valence-corrected chi connectivity index (χ2v) is 8.33. The first-order valence-electron chi connectivity index (χ1n) is 8.47. The Morgan fingerprint density at radius 1 is 1.28 bits per heavy atom. The molecule has 25 heavy (non-hydrogen) atoms. The van der Waals surface area contributed by atoms with Crippen LogP contribution in [-0.4, -0.2) is 22.5 Å². The number of hydrogen-bond acceptors (Lipinski definition) is 3. The average Bonchev–Trinajstić information content (AvgIpc) is 3.24. The Morgan fingerprint density at radius 3 is 2.96 bits per heavy atom. The second kappa shape index (κ2) is 6.78. The van der Waals surface area contributed by atoms with Gasteiger partial charge >= 0.3 is 0 Å². The summed E-state index contributed by atoms with van der Waals surface area (Å²) in [4.78, 5) is 0. The first-order chi connectivity index (χ1) is 12.0. The van der Waals surface area contributed by atoms with Crippen LogP contribution >= 0.6 is 35.4 Å². The number of benzene rings is 1. The number of halogens is 2. The van der Waals surface area contributed by atoms with Crippen LogP contribution in [0.2, 0.25) is 10.0 Å². The Labute approximate surface area is 162 Å². The van der Waals surface area contributed by atoms with Crippen molar-refractivity contribution in [2.75, 3.05) is 0 Å². The molecule has 7 heteroatoms. The SMILES string of the molecule is Oc1c(Cl)cc(Cl)cc1/C=N/NC(=S)NC1CC2CC1C1C=CCC21. The molecule has 0 saturated heterocycles. The number of nitrogens with one attached hydrogen (secondary N) is 2. The molecule has 4 rings (SSSR count). The van der Waals surface area contributed by atoms with Crippen LogP contribution in [0.5, 0.6) is 5.75 Å². The number of phenols is 1. The third-order valence-corrected chi connectivity index (χ3v) is 6.47. The summed E-state index contributed by atoms with van der Waals surface area (Å²) in [6.07, 6.45) is 9.92. The molecule has 0 aliphatic heterocycles. The highest BCUT2D eigenvalue weighted by Crippen LogP contribution is 2.56.